The molecule has 0 spiro atoms. The zero-order chi connectivity index (χ0) is 57.7. The molecule has 0 rings (SSSR count). The van der Waals surface area contributed by atoms with E-state index in [9.17, 15) is 19.0 Å². The molecule has 0 fully saturated rings. The van der Waals surface area contributed by atoms with Crippen LogP contribution < -0.4 is 4.89 Å². The fourth-order valence-electron chi connectivity index (χ4n) is 9.43. The Kier molecular flexibility index (Phi) is 58.1. The van der Waals surface area contributed by atoms with Crippen LogP contribution in [0.15, 0.2) is 72.9 Å². The molecular formula is C69H126NO8P. The molecule has 0 aromatic heterocycles. The molecule has 0 amide bonds. The molecule has 0 heterocycles. The predicted octanol–water partition coefficient (Wildman–Crippen LogP) is 20.6. The van der Waals surface area contributed by atoms with E-state index < -0.39 is 26.5 Å². The number of hydrogen-bond acceptors (Lipinski definition) is 8. The number of likely N-dealkylation sites (N-methyl/N-ethyl adjacent to an activating group) is 1. The summed E-state index contributed by atoms with van der Waals surface area (Å²) in [7, 11) is 1.18. The third kappa shape index (κ3) is 64.5. The summed E-state index contributed by atoms with van der Waals surface area (Å²) in [6, 6.07) is 0. The van der Waals surface area contributed by atoms with E-state index in [0.717, 1.165) is 77.0 Å². The summed E-state index contributed by atoms with van der Waals surface area (Å²) in [5, 5.41) is 0. The highest BCUT2D eigenvalue weighted by Crippen LogP contribution is 2.38. The molecule has 2 unspecified atom stereocenters. The summed E-state index contributed by atoms with van der Waals surface area (Å²) < 4.78 is 34.3. The molecule has 79 heavy (non-hydrogen) atoms. The lowest BCUT2D eigenvalue weighted by atomic mass is 10.0. The number of carbonyl (C=O) groups excluding carboxylic acids is 2. The Hall–Kier alpha value is -2.55. The van der Waals surface area contributed by atoms with Gasteiger partial charge in [0.2, 0.25) is 0 Å². The van der Waals surface area contributed by atoms with E-state index >= 15 is 0 Å². The van der Waals surface area contributed by atoms with Crippen LogP contribution in [-0.4, -0.2) is 70.0 Å². The number of ether oxygens (including phenoxy) is 2. The number of carbonyl (C=O) groups is 2. The number of unbranched alkanes of at least 4 members (excludes halogenated alkanes) is 35. The molecule has 0 N–H and O–H groups in total. The second-order valence-electron chi connectivity index (χ2n) is 23.5. The van der Waals surface area contributed by atoms with Gasteiger partial charge in [-0.15, -0.1) is 0 Å². The standard InChI is InChI=1S/C69H126NO8P/c1-6-8-10-12-14-16-18-20-22-24-26-27-28-29-30-31-32-33-34-35-36-37-38-39-40-41-42-43-44-46-48-50-52-54-56-58-60-62-69(72)78-67(66-77-79(73,74)76-64-63-70(3,4)5)65-75-68(71)61-59-57-55-53-51-49-47-45-25-23-21-19-17-15-13-11-9-7-2/h8,10,14,16,20,22,26-27,29-30,32-33,67H,6-7,9,11-13,15,17-19,21,23-25,28,31,34-66H2,1-5H3/b10-8-,16-14-,22-20-,27-26-,30-29-,33-32-. The highest BCUT2D eigenvalue weighted by atomic mass is 31.2. The summed E-state index contributed by atoms with van der Waals surface area (Å²) >= 11 is 0. The molecule has 0 aromatic carbocycles. The molecule has 9 nitrogen and oxygen atoms in total. The van der Waals surface area contributed by atoms with Gasteiger partial charge in [0.25, 0.3) is 7.82 Å². The molecule has 0 radical (unpaired) electrons. The fourth-order valence-corrected chi connectivity index (χ4v) is 10.2. The van der Waals surface area contributed by atoms with E-state index in [1.807, 2.05) is 21.1 Å². The Morgan fingerprint density at radius 3 is 1.08 bits per heavy atom. The van der Waals surface area contributed by atoms with Crippen molar-refractivity contribution in [2.75, 3.05) is 47.5 Å². The lowest BCUT2D eigenvalue weighted by Crippen LogP contribution is -2.37. The molecule has 0 aliphatic rings. The van der Waals surface area contributed by atoms with Gasteiger partial charge < -0.3 is 27.9 Å². The Morgan fingerprint density at radius 1 is 0.405 bits per heavy atom. The van der Waals surface area contributed by atoms with E-state index in [4.69, 9.17) is 18.5 Å². The minimum absolute atomic E-state index is 0.0296. The number of allylic oxidation sites excluding steroid dienone is 12. The monoisotopic (exact) mass is 1130 g/mol. The number of quaternary nitrogens is 1. The van der Waals surface area contributed by atoms with Gasteiger partial charge in [-0.2, -0.15) is 0 Å². The largest absolute Gasteiger partial charge is 0.756 e. The van der Waals surface area contributed by atoms with Crippen molar-refractivity contribution in [1.82, 2.24) is 0 Å². The van der Waals surface area contributed by atoms with Gasteiger partial charge in [-0.3, -0.25) is 14.2 Å². The van der Waals surface area contributed by atoms with Crippen molar-refractivity contribution in [3.63, 3.8) is 0 Å². The number of nitrogens with zero attached hydrogens (tertiary/aromatic N) is 1. The molecule has 460 valence electrons. The number of hydrogen-bond donors (Lipinski definition) is 0. The third-order valence-electron chi connectivity index (χ3n) is 14.5. The molecular weight excluding hydrogens is 1000 g/mol. The van der Waals surface area contributed by atoms with Crippen LogP contribution in [0, 0.1) is 0 Å². The van der Waals surface area contributed by atoms with Gasteiger partial charge in [0.05, 0.1) is 27.7 Å². The van der Waals surface area contributed by atoms with E-state index in [-0.39, 0.29) is 32.0 Å². The third-order valence-corrected chi connectivity index (χ3v) is 15.5. The Bertz CT molecular complexity index is 1560. The first-order chi connectivity index (χ1) is 38.5. The van der Waals surface area contributed by atoms with Crippen molar-refractivity contribution in [3.8, 4) is 0 Å². The minimum atomic E-state index is -4.64. The summed E-state index contributed by atoms with van der Waals surface area (Å²) in [6.45, 7) is 4.17. The van der Waals surface area contributed by atoms with Crippen molar-refractivity contribution in [2.24, 2.45) is 0 Å². The Morgan fingerprint density at radius 2 is 0.722 bits per heavy atom. The molecule has 0 saturated heterocycles. The smallest absolute Gasteiger partial charge is 0.306 e. The number of esters is 2. The van der Waals surface area contributed by atoms with Gasteiger partial charge in [0.15, 0.2) is 6.10 Å². The summed E-state index contributed by atoms with van der Waals surface area (Å²) in [5.74, 6) is -0.818. The first-order valence-electron chi connectivity index (χ1n) is 33.1. The first-order valence-corrected chi connectivity index (χ1v) is 34.6. The Balaban J connectivity index is 3.99. The highest BCUT2D eigenvalue weighted by Gasteiger charge is 2.22. The lowest BCUT2D eigenvalue weighted by molar-refractivity contribution is -0.870. The molecule has 0 aliphatic carbocycles. The van der Waals surface area contributed by atoms with Crippen LogP contribution >= 0.6 is 7.82 Å². The predicted molar refractivity (Wildman–Crippen MR) is 337 cm³/mol. The molecule has 10 heteroatoms. The average molecular weight is 1130 g/mol. The number of phosphoric ester groups is 1. The topological polar surface area (TPSA) is 111 Å². The summed E-state index contributed by atoms with van der Waals surface area (Å²) in [6.07, 6.45) is 79.7. The molecule has 0 bridgehead atoms. The molecule has 2 atom stereocenters. The number of phosphoric acid groups is 1. The van der Waals surface area contributed by atoms with Crippen LogP contribution in [0.5, 0.6) is 0 Å². The first kappa shape index (κ1) is 76.5. The van der Waals surface area contributed by atoms with Crippen LogP contribution in [0.4, 0.5) is 0 Å². The quantitative estimate of drug-likeness (QED) is 0.0195. The maximum absolute atomic E-state index is 12.8. The van der Waals surface area contributed by atoms with Crippen LogP contribution in [-0.2, 0) is 32.7 Å². The van der Waals surface area contributed by atoms with Gasteiger partial charge in [-0.1, -0.05) is 299 Å². The van der Waals surface area contributed by atoms with Gasteiger partial charge in [-0.25, -0.2) is 0 Å². The summed E-state index contributed by atoms with van der Waals surface area (Å²) in [4.78, 5) is 38.0. The van der Waals surface area contributed by atoms with Crippen molar-refractivity contribution >= 4 is 19.8 Å². The summed E-state index contributed by atoms with van der Waals surface area (Å²) in [5.41, 5.74) is 0. The fraction of sp³-hybridized carbons (Fsp3) is 0.797. The second-order valence-corrected chi connectivity index (χ2v) is 24.9. The van der Waals surface area contributed by atoms with Crippen molar-refractivity contribution < 1.29 is 42.1 Å². The minimum Gasteiger partial charge on any atom is -0.756 e. The highest BCUT2D eigenvalue weighted by molar-refractivity contribution is 7.45. The van der Waals surface area contributed by atoms with Crippen LogP contribution in [0.25, 0.3) is 0 Å². The molecule has 0 aliphatic heterocycles. The van der Waals surface area contributed by atoms with Gasteiger partial charge in [0.1, 0.15) is 19.8 Å². The molecule has 0 aromatic rings. The SMILES string of the molecule is CC/C=C\C/C=C\C/C=C\C/C=C\C/C=C\C/C=C\CCCCCCCCCCCCCCCCCCCCC(=O)OC(COC(=O)CCCCCCCCCCCCCCCCCCCC)COP(=O)([O-])OCC[N+](C)(C)C. The van der Waals surface area contributed by atoms with Gasteiger partial charge >= 0.3 is 11.9 Å². The average Bonchev–Trinajstić information content (AvgIpc) is 3.41. The number of rotatable bonds is 61. The Labute approximate surface area is 489 Å². The van der Waals surface area contributed by atoms with E-state index in [2.05, 4.69) is 86.8 Å². The zero-order valence-electron chi connectivity index (χ0n) is 52.3. The van der Waals surface area contributed by atoms with Gasteiger partial charge in [0, 0.05) is 12.8 Å². The van der Waals surface area contributed by atoms with Crippen LogP contribution in [0.3, 0.4) is 0 Å². The van der Waals surface area contributed by atoms with Gasteiger partial charge in [-0.05, 0) is 64.2 Å². The maximum atomic E-state index is 12.8. The van der Waals surface area contributed by atoms with Crippen molar-refractivity contribution in [2.45, 2.75) is 309 Å². The zero-order valence-corrected chi connectivity index (χ0v) is 53.2. The molecule has 0 saturated carbocycles. The van der Waals surface area contributed by atoms with Crippen LogP contribution in [0.1, 0.15) is 303 Å². The van der Waals surface area contributed by atoms with Crippen molar-refractivity contribution in [1.29, 1.82) is 0 Å². The van der Waals surface area contributed by atoms with E-state index in [1.165, 1.54) is 193 Å². The van der Waals surface area contributed by atoms with Crippen LogP contribution in [0.2, 0.25) is 0 Å². The van der Waals surface area contributed by atoms with Crippen molar-refractivity contribution in [3.05, 3.63) is 72.9 Å². The lowest BCUT2D eigenvalue weighted by Gasteiger charge is -2.28. The maximum Gasteiger partial charge on any atom is 0.306 e. The second kappa shape index (κ2) is 60.1. The normalized spacial score (nSPS) is 13.6. The van der Waals surface area contributed by atoms with E-state index in [1.54, 1.807) is 0 Å². The van der Waals surface area contributed by atoms with E-state index in [0.29, 0.717) is 17.4 Å².